The van der Waals surface area contributed by atoms with Gasteiger partial charge in [0.05, 0.1) is 37.4 Å². The van der Waals surface area contributed by atoms with Crippen molar-refractivity contribution in [3.8, 4) is 5.75 Å². The molecule has 220 valence electrons. The highest BCUT2D eigenvalue weighted by Crippen LogP contribution is 2.38. The summed E-state index contributed by atoms with van der Waals surface area (Å²) in [6.07, 6.45) is 13.9. The van der Waals surface area contributed by atoms with E-state index in [2.05, 4.69) is 12.2 Å². The van der Waals surface area contributed by atoms with Crippen molar-refractivity contribution < 1.29 is 23.1 Å². The number of hydrogen-bond donors (Lipinski definition) is 1. The number of carbonyl (C=O) groups excluding carboxylic acids is 2. The number of fused-ring (bicyclic) bond motifs is 1. The number of ether oxygens (including phenoxy) is 1. The molecule has 0 saturated carbocycles. The van der Waals surface area contributed by atoms with E-state index in [1.54, 1.807) is 53.6 Å². The van der Waals surface area contributed by atoms with Gasteiger partial charge in [-0.3, -0.25) is 9.59 Å². The van der Waals surface area contributed by atoms with Crippen molar-refractivity contribution in [1.29, 1.82) is 0 Å². The van der Waals surface area contributed by atoms with Gasteiger partial charge in [0, 0.05) is 16.0 Å². The molecule has 1 aromatic heterocycles. The van der Waals surface area contributed by atoms with Crippen LogP contribution in [0.25, 0.3) is 0 Å². The Hall–Kier alpha value is -3.26. The molecule has 0 bridgehead atoms. The highest BCUT2D eigenvalue weighted by atomic mass is 32.2. The summed E-state index contributed by atoms with van der Waals surface area (Å²) in [6, 6.07) is 13.6. The van der Waals surface area contributed by atoms with E-state index in [0.717, 1.165) is 17.7 Å². The van der Waals surface area contributed by atoms with Crippen LogP contribution in [-0.2, 0) is 17.9 Å². The monoisotopic (exact) mass is 580 g/mol. The maximum atomic E-state index is 15.0. The SMILES string of the molecule is CCCCCCCCCCCCOc1cccc(F)c1CN1C(=O)CSc2cc(C(=O)NCc3ccco3)ccc21. The average molecular weight is 581 g/mol. The smallest absolute Gasteiger partial charge is 0.251 e. The van der Waals surface area contributed by atoms with Gasteiger partial charge in [-0.1, -0.05) is 70.8 Å². The number of rotatable bonds is 17. The second-order valence-corrected chi connectivity index (χ2v) is 11.5. The molecular weight excluding hydrogens is 539 g/mol. The fourth-order valence-electron chi connectivity index (χ4n) is 4.96. The number of furan rings is 1. The maximum Gasteiger partial charge on any atom is 0.251 e. The molecule has 0 aliphatic carbocycles. The molecule has 0 unspecified atom stereocenters. The minimum Gasteiger partial charge on any atom is -0.493 e. The first-order valence-electron chi connectivity index (χ1n) is 14.8. The number of benzene rings is 2. The lowest BCUT2D eigenvalue weighted by molar-refractivity contribution is -0.116. The van der Waals surface area contributed by atoms with Crippen LogP contribution in [0.4, 0.5) is 10.1 Å². The fourth-order valence-corrected chi connectivity index (χ4v) is 5.93. The molecule has 1 aliphatic heterocycles. The number of hydrogen-bond acceptors (Lipinski definition) is 5. The van der Waals surface area contributed by atoms with E-state index < -0.39 is 5.82 Å². The van der Waals surface area contributed by atoms with Crippen LogP contribution < -0.4 is 15.0 Å². The lowest BCUT2D eigenvalue weighted by Crippen LogP contribution is -2.35. The molecule has 2 heterocycles. The molecule has 0 atom stereocenters. The van der Waals surface area contributed by atoms with Gasteiger partial charge in [0.1, 0.15) is 17.3 Å². The summed E-state index contributed by atoms with van der Waals surface area (Å²) in [5, 5.41) is 2.84. The third-order valence-electron chi connectivity index (χ3n) is 7.32. The van der Waals surface area contributed by atoms with Crippen LogP contribution in [0.2, 0.25) is 0 Å². The molecular formula is C33H41FN2O4S. The minimum atomic E-state index is -0.396. The van der Waals surface area contributed by atoms with E-state index in [-0.39, 0.29) is 30.7 Å². The molecule has 0 radical (unpaired) electrons. The number of amides is 2. The Kier molecular flexibility index (Phi) is 12.2. The third-order valence-corrected chi connectivity index (χ3v) is 8.35. The molecule has 0 saturated heterocycles. The van der Waals surface area contributed by atoms with Crippen LogP contribution in [0, 0.1) is 5.82 Å². The third kappa shape index (κ3) is 9.12. The zero-order valence-electron chi connectivity index (χ0n) is 24.0. The molecule has 41 heavy (non-hydrogen) atoms. The largest absolute Gasteiger partial charge is 0.493 e. The number of halogens is 1. The van der Waals surface area contributed by atoms with Crippen molar-refractivity contribution in [1.82, 2.24) is 5.32 Å². The number of nitrogens with one attached hydrogen (secondary N) is 1. The molecule has 3 aromatic rings. The topological polar surface area (TPSA) is 71.8 Å². The van der Waals surface area contributed by atoms with Crippen LogP contribution in [-0.4, -0.2) is 24.2 Å². The zero-order chi connectivity index (χ0) is 28.9. The van der Waals surface area contributed by atoms with Gasteiger partial charge in [-0.2, -0.15) is 0 Å². The van der Waals surface area contributed by atoms with Crippen molar-refractivity contribution in [2.24, 2.45) is 0 Å². The summed E-state index contributed by atoms with van der Waals surface area (Å²) in [5.41, 5.74) is 1.52. The molecule has 1 aliphatic rings. The summed E-state index contributed by atoms with van der Waals surface area (Å²) in [5.74, 6) is 0.618. The standard InChI is InChI=1S/C33H41FN2O4S/c1-2-3-4-5-6-7-8-9-10-11-19-40-30-16-12-15-28(34)27(30)23-36-29-18-17-25(21-31(29)41-24-32(36)37)33(38)35-22-26-14-13-20-39-26/h12-18,20-21H,2-11,19,22-24H2,1H3,(H,35,38). The lowest BCUT2D eigenvalue weighted by atomic mass is 10.1. The highest BCUT2D eigenvalue weighted by Gasteiger charge is 2.28. The van der Waals surface area contributed by atoms with E-state index in [0.29, 0.717) is 34.9 Å². The number of anilines is 1. The van der Waals surface area contributed by atoms with Crippen molar-refractivity contribution in [3.05, 3.63) is 77.5 Å². The van der Waals surface area contributed by atoms with E-state index >= 15 is 4.39 Å². The van der Waals surface area contributed by atoms with Gasteiger partial charge < -0.3 is 19.4 Å². The van der Waals surface area contributed by atoms with Gasteiger partial charge in [-0.25, -0.2) is 4.39 Å². The van der Waals surface area contributed by atoms with Gasteiger partial charge in [-0.15, -0.1) is 11.8 Å². The van der Waals surface area contributed by atoms with Crippen LogP contribution >= 0.6 is 11.8 Å². The molecule has 1 N–H and O–H groups in total. The summed E-state index contributed by atoms with van der Waals surface area (Å²) < 4.78 is 26.3. The van der Waals surface area contributed by atoms with Gasteiger partial charge in [0.25, 0.3) is 5.91 Å². The predicted octanol–water partition coefficient (Wildman–Crippen LogP) is 8.29. The summed E-state index contributed by atoms with van der Waals surface area (Å²) >= 11 is 1.38. The highest BCUT2D eigenvalue weighted by molar-refractivity contribution is 8.00. The molecule has 0 spiro atoms. The van der Waals surface area contributed by atoms with Crippen molar-refractivity contribution >= 4 is 29.3 Å². The van der Waals surface area contributed by atoms with Crippen molar-refractivity contribution in [2.75, 3.05) is 17.3 Å². The number of nitrogens with zero attached hydrogens (tertiary/aromatic N) is 1. The van der Waals surface area contributed by atoms with Crippen molar-refractivity contribution in [2.45, 2.75) is 89.1 Å². The zero-order valence-corrected chi connectivity index (χ0v) is 24.8. The quantitative estimate of drug-likeness (QED) is 0.163. The average Bonchev–Trinajstić information content (AvgIpc) is 3.51. The van der Waals surface area contributed by atoms with Gasteiger partial charge >= 0.3 is 0 Å². The number of unbranched alkanes of at least 4 members (excludes halogenated alkanes) is 9. The first kappa shape index (κ1) is 30.7. The lowest BCUT2D eigenvalue weighted by Gasteiger charge is -2.30. The fraction of sp³-hybridized carbons (Fsp3) is 0.455. The molecule has 0 fully saturated rings. The predicted molar refractivity (Wildman–Crippen MR) is 162 cm³/mol. The molecule has 8 heteroatoms. The Morgan fingerprint density at radius 2 is 1.76 bits per heavy atom. The second kappa shape index (κ2) is 16.2. The maximum absolute atomic E-state index is 15.0. The first-order valence-corrected chi connectivity index (χ1v) is 15.8. The molecule has 2 aromatic carbocycles. The van der Waals surface area contributed by atoms with E-state index in [1.807, 2.05) is 0 Å². The number of thioether (sulfide) groups is 1. The molecule has 2 amide bonds. The Labute approximate surface area is 247 Å². The van der Waals surface area contributed by atoms with Crippen LogP contribution in [0.1, 0.15) is 92.8 Å². The van der Waals surface area contributed by atoms with Crippen LogP contribution in [0.5, 0.6) is 5.75 Å². The Morgan fingerprint density at radius 3 is 2.49 bits per heavy atom. The van der Waals surface area contributed by atoms with Gasteiger partial charge in [0.15, 0.2) is 0 Å². The first-order chi connectivity index (χ1) is 20.1. The van der Waals surface area contributed by atoms with E-state index in [1.165, 1.54) is 69.2 Å². The summed E-state index contributed by atoms with van der Waals surface area (Å²) in [4.78, 5) is 28.0. The number of carbonyl (C=O) groups is 2. The Morgan fingerprint density at radius 1 is 1.00 bits per heavy atom. The summed E-state index contributed by atoms with van der Waals surface area (Å²) in [6.45, 7) is 3.11. The van der Waals surface area contributed by atoms with Crippen LogP contribution in [0.15, 0.2) is 64.1 Å². The van der Waals surface area contributed by atoms with Crippen molar-refractivity contribution in [3.63, 3.8) is 0 Å². The molecule has 4 rings (SSSR count). The Balaban J connectivity index is 1.31. The normalized spacial score (nSPS) is 12.8. The van der Waals surface area contributed by atoms with Gasteiger partial charge in [0.2, 0.25) is 5.91 Å². The second-order valence-electron chi connectivity index (χ2n) is 10.5. The van der Waals surface area contributed by atoms with E-state index in [9.17, 15) is 9.59 Å². The summed E-state index contributed by atoms with van der Waals surface area (Å²) in [7, 11) is 0. The van der Waals surface area contributed by atoms with Gasteiger partial charge in [-0.05, 0) is 48.9 Å². The van der Waals surface area contributed by atoms with E-state index in [4.69, 9.17) is 9.15 Å². The molecule has 6 nitrogen and oxygen atoms in total. The van der Waals surface area contributed by atoms with Crippen LogP contribution in [0.3, 0.4) is 0 Å². The Bertz CT molecular complexity index is 1260. The minimum absolute atomic E-state index is 0.0659.